The molecule has 0 aliphatic rings. The number of fused-ring (bicyclic) bond motifs is 1. The number of aromatic nitrogens is 3. The average molecular weight is 304 g/mol. The van der Waals surface area contributed by atoms with Crippen LogP contribution in [0.5, 0.6) is 0 Å². The summed E-state index contributed by atoms with van der Waals surface area (Å²) in [7, 11) is 0. The molecule has 0 amide bonds. The Morgan fingerprint density at radius 2 is 1.41 bits per heavy atom. The Kier molecular flexibility index (Phi) is 10.3. The molecule has 0 aliphatic carbocycles. The molecule has 0 aliphatic heterocycles. The number of hydrogen-bond donors (Lipinski definition) is 1. The zero-order chi connectivity index (χ0) is 16.0. The minimum absolute atomic E-state index is 0.914. The van der Waals surface area contributed by atoms with Crippen molar-refractivity contribution < 1.29 is 0 Å². The molecule has 0 saturated heterocycles. The highest BCUT2D eigenvalue weighted by Crippen LogP contribution is 2.03. The molecule has 2 aromatic rings. The summed E-state index contributed by atoms with van der Waals surface area (Å²) in [6.07, 6.45) is 8.09. The lowest BCUT2D eigenvalue weighted by Gasteiger charge is -2.21. The van der Waals surface area contributed by atoms with Crippen LogP contribution in [0.25, 0.3) is 11.0 Å². The quantitative estimate of drug-likeness (QED) is 0.733. The van der Waals surface area contributed by atoms with E-state index in [1.54, 1.807) is 0 Å². The molecule has 1 N–H and O–H groups in total. The fourth-order valence-corrected chi connectivity index (χ4v) is 2.27. The van der Waals surface area contributed by atoms with E-state index in [4.69, 9.17) is 0 Å². The first-order chi connectivity index (χ1) is 10.8. The van der Waals surface area contributed by atoms with Crippen LogP contribution in [0.4, 0.5) is 0 Å². The number of aromatic amines is 1. The molecule has 22 heavy (non-hydrogen) atoms. The normalized spacial score (nSPS) is 10.7. The minimum Gasteiger partial charge on any atom is -0.303 e. The highest BCUT2D eigenvalue weighted by molar-refractivity contribution is 5.72. The Hall–Kier alpha value is -1.42. The Bertz CT molecular complexity index is 431. The summed E-state index contributed by atoms with van der Waals surface area (Å²) >= 11 is 0. The number of nitrogens with one attached hydrogen (secondary N) is 1. The molecule has 4 heteroatoms. The summed E-state index contributed by atoms with van der Waals surface area (Å²) in [5, 5.41) is 10.2. The minimum atomic E-state index is 0.914. The lowest BCUT2D eigenvalue weighted by atomic mass is 10.2. The molecular weight excluding hydrogens is 272 g/mol. The van der Waals surface area contributed by atoms with Crippen molar-refractivity contribution in [2.75, 3.05) is 19.6 Å². The summed E-state index contributed by atoms with van der Waals surface area (Å²) in [6, 6.07) is 7.74. The molecule has 1 aromatic carbocycles. The average Bonchev–Trinajstić information content (AvgIpc) is 3.03. The topological polar surface area (TPSA) is 44.8 Å². The summed E-state index contributed by atoms with van der Waals surface area (Å²) in [6.45, 7) is 10.8. The number of benzene rings is 1. The van der Waals surface area contributed by atoms with Gasteiger partial charge in [0.05, 0.1) is 5.52 Å². The molecule has 0 bridgehead atoms. The van der Waals surface area contributed by atoms with Crippen molar-refractivity contribution in [3.8, 4) is 0 Å². The molecule has 124 valence electrons. The summed E-state index contributed by atoms with van der Waals surface area (Å²) < 4.78 is 0. The van der Waals surface area contributed by atoms with E-state index in [-0.39, 0.29) is 0 Å². The van der Waals surface area contributed by atoms with Crippen molar-refractivity contribution in [2.24, 2.45) is 0 Å². The number of hydrogen-bond acceptors (Lipinski definition) is 3. The van der Waals surface area contributed by atoms with Gasteiger partial charge < -0.3 is 4.90 Å². The third-order valence-electron chi connectivity index (χ3n) is 3.72. The standard InChI is InChI=1S/C12H27N.C6H5N3/c1-4-7-10-13(11-8-5-2)12-9-6-3;1-2-4-6-5(3-1)7-9-8-6/h4-12H2,1-3H3;1-4H,(H,7,8,9). The first-order valence-electron chi connectivity index (χ1n) is 8.79. The van der Waals surface area contributed by atoms with E-state index < -0.39 is 0 Å². The van der Waals surface area contributed by atoms with Gasteiger partial charge in [0.15, 0.2) is 0 Å². The van der Waals surface area contributed by atoms with Crippen molar-refractivity contribution in [1.29, 1.82) is 0 Å². The van der Waals surface area contributed by atoms with Gasteiger partial charge in [0, 0.05) is 0 Å². The molecule has 0 saturated carbocycles. The fraction of sp³-hybridized carbons (Fsp3) is 0.667. The number of nitrogens with zero attached hydrogens (tertiary/aromatic N) is 3. The number of para-hydroxylation sites is 1. The van der Waals surface area contributed by atoms with Gasteiger partial charge in [-0.05, 0) is 51.0 Å². The third kappa shape index (κ3) is 7.55. The highest BCUT2D eigenvalue weighted by atomic mass is 15.3. The van der Waals surface area contributed by atoms with Crippen LogP contribution in [0, 0.1) is 0 Å². The molecule has 0 atom stereocenters. The molecular formula is C18H32N4. The molecule has 0 unspecified atom stereocenters. The second-order valence-corrected chi connectivity index (χ2v) is 5.73. The second-order valence-electron chi connectivity index (χ2n) is 5.73. The summed E-state index contributed by atoms with van der Waals surface area (Å²) in [4.78, 5) is 2.64. The zero-order valence-electron chi connectivity index (χ0n) is 14.5. The number of rotatable bonds is 9. The predicted molar refractivity (Wildman–Crippen MR) is 95.1 cm³/mol. The fourth-order valence-electron chi connectivity index (χ4n) is 2.27. The maximum Gasteiger partial charge on any atom is 0.112 e. The van der Waals surface area contributed by atoms with E-state index in [0.29, 0.717) is 0 Å². The second kappa shape index (κ2) is 12.2. The van der Waals surface area contributed by atoms with Gasteiger partial charge >= 0.3 is 0 Å². The van der Waals surface area contributed by atoms with E-state index in [1.165, 1.54) is 58.2 Å². The summed E-state index contributed by atoms with van der Waals surface area (Å²) in [5.74, 6) is 0. The maximum atomic E-state index is 3.81. The molecule has 2 rings (SSSR count). The lowest BCUT2D eigenvalue weighted by molar-refractivity contribution is 0.261. The van der Waals surface area contributed by atoms with E-state index in [9.17, 15) is 0 Å². The molecule has 0 spiro atoms. The number of unbranched alkanes of at least 4 members (excludes halogenated alkanes) is 3. The van der Waals surface area contributed by atoms with Gasteiger partial charge in [0.25, 0.3) is 0 Å². The Morgan fingerprint density at radius 3 is 1.91 bits per heavy atom. The first-order valence-corrected chi connectivity index (χ1v) is 8.79. The van der Waals surface area contributed by atoms with Gasteiger partial charge in [-0.2, -0.15) is 0 Å². The maximum absolute atomic E-state index is 3.81. The van der Waals surface area contributed by atoms with Gasteiger partial charge in [0.2, 0.25) is 0 Å². The Balaban J connectivity index is 0.000000231. The van der Waals surface area contributed by atoms with Crippen LogP contribution < -0.4 is 0 Å². The molecule has 1 aromatic heterocycles. The SMILES string of the molecule is CCCCN(CCCC)CCCC.c1ccc2[nH]nnc2c1. The molecule has 0 fully saturated rings. The largest absolute Gasteiger partial charge is 0.303 e. The van der Waals surface area contributed by atoms with Crippen LogP contribution in [0.2, 0.25) is 0 Å². The highest BCUT2D eigenvalue weighted by Gasteiger charge is 2.01. The van der Waals surface area contributed by atoms with Gasteiger partial charge in [-0.15, -0.1) is 5.10 Å². The van der Waals surface area contributed by atoms with Gasteiger partial charge in [-0.25, -0.2) is 0 Å². The number of H-pyrrole nitrogens is 1. The van der Waals surface area contributed by atoms with E-state index >= 15 is 0 Å². The van der Waals surface area contributed by atoms with Crippen LogP contribution >= 0.6 is 0 Å². The van der Waals surface area contributed by atoms with Gasteiger partial charge in [0.1, 0.15) is 5.52 Å². The summed E-state index contributed by atoms with van der Waals surface area (Å²) in [5.41, 5.74) is 1.90. The first kappa shape index (κ1) is 18.6. The smallest absolute Gasteiger partial charge is 0.112 e. The van der Waals surface area contributed by atoms with Gasteiger partial charge in [-0.3, -0.25) is 5.10 Å². The molecule has 1 heterocycles. The van der Waals surface area contributed by atoms with Crippen molar-refractivity contribution in [2.45, 2.75) is 59.3 Å². The van der Waals surface area contributed by atoms with Crippen molar-refractivity contribution in [3.63, 3.8) is 0 Å². The van der Waals surface area contributed by atoms with Crippen molar-refractivity contribution >= 4 is 11.0 Å². The molecule has 0 radical (unpaired) electrons. The van der Waals surface area contributed by atoms with Crippen LogP contribution in [0.15, 0.2) is 24.3 Å². The van der Waals surface area contributed by atoms with Crippen molar-refractivity contribution in [3.05, 3.63) is 24.3 Å². The van der Waals surface area contributed by atoms with E-state index in [1.807, 2.05) is 24.3 Å². The lowest BCUT2D eigenvalue weighted by Crippen LogP contribution is -2.27. The monoisotopic (exact) mass is 304 g/mol. The van der Waals surface area contributed by atoms with Gasteiger partial charge in [-0.1, -0.05) is 57.4 Å². The van der Waals surface area contributed by atoms with Crippen LogP contribution in [0.1, 0.15) is 59.3 Å². The Labute approximate surface area is 135 Å². The van der Waals surface area contributed by atoms with Crippen LogP contribution in [0.3, 0.4) is 0 Å². The van der Waals surface area contributed by atoms with Crippen LogP contribution in [-0.4, -0.2) is 39.9 Å². The predicted octanol–water partition coefficient (Wildman–Crippen LogP) is 4.65. The van der Waals surface area contributed by atoms with E-state index in [2.05, 4.69) is 41.1 Å². The van der Waals surface area contributed by atoms with Crippen molar-refractivity contribution in [1.82, 2.24) is 20.3 Å². The molecule has 4 nitrogen and oxygen atoms in total. The Morgan fingerprint density at radius 1 is 0.864 bits per heavy atom. The zero-order valence-corrected chi connectivity index (χ0v) is 14.5. The van der Waals surface area contributed by atoms with E-state index in [0.717, 1.165) is 11.0 Å². The van der Waals surface area contributed by atoms with Crippen LogP contribution in [-0.2, 0) is 0 Å². The third-order valence-corrected chi connectivity index (χ3v) is 3.72.